The fraction of sp³-hybridized carbons (Fsp3) is 0. The highest BCUT2D eigenvalue weighted by atomic mass is 35.5. The van der Waals surface area contributed by atoms with Crippen molar-refractivity contribution in [2.75, 3.05) is 0 Å². The average molecular weight is 191 g/mol. The molecule has 58 valence electrons. The molecule has 1 aromatic carbocycles. The van der Waals surface area contributed by atoms with E-state index in [1.807, 2.05) is 0 Å². The van der Waals surface area contributed by atoms with Crippen molar-refractivity contribution in [2.24, 2.45) is 0 Å². The maximum Gasteiger partial charge on any atom is 0.529 e. The molecule has 0 amide bonds. The molecule has 0 fully saturated rings. The molecule has 0 saturated heterocycles. The zero-order chi connectivity index (χ0) is 8.27. The molecule has 0 radical (unpaired) electrons. The molecule has 0 bridgehead atoms. The van der Waals surface area contributed by atoms with Gasteiger partial charge in [0.25, 0.3) is 0 Å². The molecule has 0 aliphatic rings. The lowest BCUT2D eigenvalue weighted by Crippen LogP contribution is -1.76. The van der Waals surface area contributed by atoms with Crippen LogP contribution in [0.4, 0.5) is 0 Å². The number of benzene rings is 1. The molecule has 0 aliphatic heterocycles. The molecular weight excluding hydrogens is 186 g/mol. The second kappa shape index (κ2) is 3.56. The molecule has 0 atom stereocenters. The zero-order valence-electron chi connectivity index (χ0n) is 5.36. The maximum atomic E-state index is 10.1. The molecule has 1 aromatic rings. The van der Waals surface area contributed by atoms with Crippen LogP contribution in [0.15, 0.2) is 24.3 Å². The monoisotopic (exact) mass is 190 g/mol. The van der Waals surface area contributed by atoms with Crippen LogP contribution in [0, 0.1) is 0 Å². The molecule has 0 unspecified atom stereocenters. The van der Waals surface area contributed by atoms with Crippen LogP contribution in [0.1, 0.15) is 0 Å². The summed E-state index contributed by atoms with van der Waals surface area (Å²) in [5.41, 5.74) is 0. The van der Waals surface area contributed by atoms with Gasteiger partial charge in [0.2, 0.25) is 0 Å². The number of halogens is 1. The van der Waals surface area contributed by atoms with E-state index in [-0.39, 0.29) is 10.8 Å². The molecular formula is C6H4ClO3P. The summed E-state index contributed by atoms with van der Waals surface area (Å²) in [6.07, 6.45) is 0. The Hall–Kier alpha value is -0.790. The molecule has 3 nitrogen and oxygen atoms in total. The van der Waals surface area contributed by atoms with E-state index in [1.54, 1.807) is 18.2 Å². The summed E-state index contributed by atoms with van der Waals surface area (Å²) in [6, 6.07) is 6.36. The van der Waals surface area contributed by atoms with Crippen LogP contribution in [-0.2, 0) is 9.13 Å². The van der Waals surface area contributed by atoms with Gasteiger partial charge in [0.05, 0.1) is 5.02 Å². The number of rotatable bonds is 2. The van der Waals surface area contributed by atoms with Gasteiger partial charge in [-0.25, -0.2) is 0 Å². The van der Waals surface area contributed by atoms with Gasteiger partial charge in [-0.1, -0.05) is 23.7 Å². The van der Waals surface area contributed by atoms with Crippen LogP contribution in [0.3, 0.4) is 0 Å². The first-order valence-corrected chi connectivity index (χ1v) is 4.24. The first-order valence-electron chi connectivity index (χ1n) is 2.77. The van der Waals surface area contributed by atoms with Gasteiger partial charge in [0.1, 0.15) is 0 Å². The second-order valence-electron chi connectivity index (χ2n) is 1.75. The van der Waals surface area contributed by atoms with Crippen LogP contribution in [0.5, 0.6) is 5.75 Å². The lowest BCUT2D eigenvalue weighted by molar-refractivity contribution is 0.438. The fourth-order valence-corrected chi connectivity index (χ4v) is 1.15. The van der Waals surface area contributed by atoms with Gasteiger partial charge >= 0.3 is 7.91 Å². The third kappa shape index (κ3) is 2.37. The molecule has 0 saturated carbocycles. The minimum atomic E-state index is -2.88. The highest BCUT2D eigenvalue weighted by Crippen LogP contribution is 2.27. The third-order valence-corrected chi connectivity index (χ3v) is 1.67. The largest absolute Gasteiger partial charge is 0.529 e. The van der Waals surface area contributed by atoms with E-state index in [9.17, 15) is 9.13 Å². The Morgan fingerprint density at radius 2 is 1.91 bits per heavy atom. The van der Waals surface area contributed by atoms with Gasteiger partial charge in [0, 0.05) is 0 Å². The smallest absolute Gasteiger partial charge is 0.385 e. The van der Waals surface area contributed by atoms with Gasteiger partial charge in [-0.05, 0) is 12.1 Å². The van der Waals surface area contributed by atoms with Crippen molar-refractivity contribution in [3.8, 4) is 5.75 Å². The van der Waals surface area contributed by atoms with Crippen LogP contribution in [0.25, 0.3) is 0 Å². The Morgan fingerprint density at radius 1 is 1.27 bits per heavy atom. The van der Waals surface area contributed by atoms with Crippen molar-refractivity contribution in [1.82, 2.24) is 0 Å². The van der Waals surface area contributed by atoms with E-state index in [0.29, 0.717) is 0 Å². The molecule has 0 aliphatic carbocycles. The molecule has 11 heavy (non-hydrogen) atoms. The fourth-order valence-electron chi connectivity index (χ4n) is 0.599. The summed E-state index contributed by atoms with van der Waals surface area (Å²) >= 11 is 5.58. The lowest BCUT2D eigenvalue weighted by atomic mass is 10.3. The molecule has 0 spiro atoms. The standard InChI is InChI=1S/C6H4ClO3P/c7-5-3-1-2-4-6(5)10-11(8)9/h1-4H. The third-order valence-electron chi connectivity index (χ3n) is 1.01. The molecule has 0 heterocycles. The van der Waals surface area contributed by atoms with Gasteiger partial charge in [-0.2, -0.15) is 9.13 Å². The quantitative estimate of drug-likeness (QED) is 0.674. The second-order valence-corrected chi connectivity index (χ2v) is 2.78. The number of para-hydroxylation sites is 1. The average Bonchev–Trinajstić information content (AvgIpc) is 1.93. The highest BCUT2D eigenvalue weighted by Gasteiger charge is 2.00. The Labute approximate surface area is 68.8 Å². The summed E-state index contributed by atoms with van der Waals surface area (Å²) in [4.78, 5) is 0. The molecule has 1 rings (SSSR count). The van der Waals surface area contributed by atoms with Crippen molar-refractivity contribution < 1.29 is 13.7 Å². The van der Waals surface area contributed by atoms with E-state index < -0.39 is 7.91 Å². The minimum absolute atomic E-state index is 0.158. The first-order chi connectivity index (χ1) is 5.20. The summed E-state index contributed by atoms with van der Waals surface area (Å²) in [5, 5.41) is 0.284. The molecule has 0 N–H and O–H groups in total. The number of hydrogen-bond donors (Lipinski definition) is 0. The Balaban J connectivity index is 2.94. The van der Waals surface area contributed by atoms with Gasteiger partial charge in [-0.3, -0.25) is 0 Å². The summed E-state index contributed by atoms with van der Waals surface area (Å²) < 4.78 is 24.5. The van der Waals surface area contributed by atoms with E-state index >= 15 is 0 Å². The molecule has 0 aromatic heterocycles. The van der Waals surface area contributed by atoms with Crippen molar-refractivity contribution in [3.05, 3.63) is 29.3 Å². The predicted octanol–water partition coefficient (Wildman–Crippen LogP) is 2.81. The summed E-state index contributed by atoms with van der Waals surface area (Å²) in [6.45, 7) is 0. The van der Waals surface area contributed by atoms with Crippen LogP contribution in [0.2, 0.25) is 5.02 Å². The van der Waals surface area contributed by atoms with Gasteiger partial charge < -0.3 is 4.52 Å². The topological polar surface area (TPSA) is 43.4 Å². The van der Waals surface area contributed by atoms with Crippen LogP contribution < -0.4 is 4.52 Å². The van der Waals surface area contributed by atoms with Gasteiger partial charge in [-0.15, -0.1) is 0 Å². The Bertz CT molecular complexity index is 313. The Kier molecular flexibility index (Phi) is 2.69. The van der Waals surface area contributed by atoms with Crippen molar-refractivity contribution in [3.63, 3.8) is 0 Å². The Morgan fingerprint density at radius 3 is 2.45 bits per heavy atom. The van der Waals surface area contributed by atoms with E-state index in [1.165, 1.54) is 6.07 Å². The van der Waals surface area contributed by atoms with E-state index in [0.717, 1.165) is 0 Å². The minimum Gasteiger partial charge on any atom is -0.385 e. The highest BCUT2D eigenvalue weighted by molar-refractivity contribution is 7.25. The van der Waals surface area contributed by atoms with Crippen LogP contribution >= 0.6 is 19.5 Å². The summed E-state index contributed by atoms with van der Waals surface area (Å²) in [7, 11) is -2.88. The number of hydrogen-bond acceptors (Lipinski definition) is 3. The maximum absolute atomic E-state index is 10.1. The van der Waals surface area contributed by atoms with Crippen molar-refractivity contribution in [1.29, 1.82) is 0 Å². The first kappa shape index (κ1) is 8.31. The van der Waals surface area contributed by atoms with Crippen molar-refractivity contribution >= 4 is 19.5 Å². The zero-order valence-corrected chi connectivity index (χ0v) is 7.01. The lowest BCUT2D eigenvalue weighted by Gasteiger charge is -1.96. The van der Waals surface area contributed by atoms with E-state index in [2.05, 4.69) is 4.52 Å². The normalized spacial score (nSPS) is 9.18. The van der Waals surface area contributed by atoms with Crippen LogP contribution in [-0.4, -0.2) is 0 Å². The van der Waals surface area contributed by atoms with E-state index in [4.69, 9.17) is 11.6 Å². The van der Waals surface area contributed by atoms with Gasteiger partial charge in [0.15, 0.2) is 5.75 Å². The predicted molar refractivity (Wildman–Crippen MR) is 40.4 cm³/mol. The summed E-state index contributed by atoms with van der Waals surface area (Å²) in [5.74, 6) is 0.158. The SMILES string of the molecule is O=P(=O)Oc1ccccc1Cl. The van der Waals surface area contributed by atoms with Crippen molar-refractivity contribution in [2.45, 2.75) is 0 Å². The molecule has 5 heteroatoms.